The molecule has 2 aromatic heterocycles. The van der Waals surface area contributed by atoms with Gasteiger partial charge in [-0.1, -0.05) is 30.3 Å². The number of imidazole rings is 1. The lowest BCUT2D eigenvalue weighted by Gasteiger charge is -2.38. The first-order valence-electron chi connectivity index (χ1n) is 10.8. The Morgan fingerprint density at radius 1 is 1.24 bits per heavy atom. The fraction of sp³-hybridized carbons (Fsp3) is 0.476. The van der Waals surface area contributed by atoms with Crippen LogP contribution < -0.4 is 10.5 Å². The van der Waals surface area contributed by atoms with Gasteiger partial charge in [0.15, 0.2) is 28.6 Å². The second-order valence-corrected chi connectivity index (χ2v) is 10.2. The molecule has 12 nitrogen and oxygen atoms in total. The van der Waals surface area contributed by atoms with Gasteiger partial charge in [0.05, 0.1) is 25.8 Å². The standard InChI is InChI=1S/C21H23N5O7S/c1-3-29-16-13-15(24-19(22)25-16)26(11-23-13)17-14-21(30-9-12-7-5-4-6-8-12)18(32-14)20(21,33-17)10-31-34(2,27)28/h4-8,11,14,17-18H,3,9-10H2,1-2H3,(H2,22,24,25)/t14-,17+,18?,20-,21+/m0/s1. The summed E-state index contributed by atoms with van der Waals surface area (Å²) in [6, 6.07) is 9.67. The zero-order chi connectivity index (χ0) is 23.7. The van der Waals surface area contributed by atoms with Crippen molar-refractivity contribution < 1.29 is 31.5 Å². The minimum atomic E-state index is -3.71. The molecule has 1 aliphatic carbocycles. The zero-order valence-corrected chi connectivity index (χ0v) is 19.3. The minimum Gasteiger partial charge on any atom is -0.476 e. The van der Waals surface area contributed by atoms with E-state index in [1.807, 2.05) is 37.3 Å². The molecule has 2 aliphatic heterocycles. The maximum Gasteiger partial charge on any atom is 0.264 e. The van der Waals surface area contributed by atoms with Crippen LogP contribution in [0.2, 0.25) is 0 Å². The van der Waals surface area contributed by atoms with E-state index in [0.29, 0.717) is 24.4 Å². The van der Waals surface area contributed by atoms with E-state index in [0.717, 1.165) is 11.8 Å². The van der Waals surface area contributed by atoms with Gasteiger partial charge < -0.3 is 24.7 Å². The lowest BCUT2D eigenvalue weighted by Crippen LogP contribution is -2.51. The van der Waals surface area contributed by atoms with Crippen LogP contribution in [0.3, 0.4) is 0 Å². The van der Waals surface area contributed by atoms with Crippen LogP contribution in [0.15, 0.2) is 36.7 Å². The summed E-state index contributed by atoms with van der Waals surface area (Å²) in [5.74, 6) is 0.294. The van der Waals surface area contributed by atoms with Crippen LogP contribution in [0.5, 0.6) is 5.88 Å². The number of nitrogens with zero attached hydrogens (tertiary/aromatic N) is 4. The molecule has 5 atom stereocenters. The van der Waals surface area contributed by atoms with E-state index in [1.165, 1.54) is 0 Å². The van der Waals surface area contributed by atoms with E-state index in [9.17, 15) is 8.42 Å². The number of benzene rings is 1. The Bertz CT molecular complexity index is 1370. The van der Waals surface area contributed by atoms with Crippen LogP contribution in [0.25, 0.3) is 11.2 Å². The molecule has 3 aromatic rings. The highest BCUT2D eigenvalue weighted by Crippen LogP contribution is 2.74. The number of anilines is 1. The van der Waals surface area contributed by atoms with Crippen molar-refractivity contribution in [2.24, 2.45) is 0 Å². The largest absolute Gasteiger partial charge is 0.476 e. The maximum absolute atomic E-state index is 11.8. The van der Waals surface area contributed by atoms with Crippen molar-refractivity contribution in [3.05, 3.63) is 42.2 Å². The topological polar surface area (TPSA) is 150 Å². The number of hydrogen-bond donors (Lipinski definition) is 1. The van der Waals surface area contributed by atoms with Crippen molar-refractivity contribution in [2.75, 3.05) is 25.2 Å². The van der Waals surface area contributed by atoms with E-state index in [4.69, 9.17) is 28.9 Å². The number of aromatic nitrogens is 4. The highest BCUT2D eigenvalue weighted by Gasteiger charge is 2.97. The van der Waals surface area contributed by atoms with Gasteiger partial charge in [-0.25, -0.2) is 4.98 Å². The van der Waals surface area contributed by atoms with Crippen molar-refractivity contribution in [1.29, 1.82) is 0 Å². The number of hydrogen-bond acceptors (Lipinski definition) is 11. The average Bonchev–Trinajstić information content (AvgIpc) is 3.06. The number of nitrogen functional groups attached to an aromatic ring is 1. The van der Waals surface area contributed by atoms with Crippen LogP contribution in [0.4, 0.5) is 5.95 Å². The average molecular weight is 490 g/mol. The van der Waals surface area contributed by atoms with E-state index < -0.39 is 39.8 Å². The zero-order valence-electron chi connectivity index (χ0n) is 18.4. The molecule has 0 spiro atoms. The molecule has 180 valence electrons. The van der Waals surface area contributed by atoms with Crippen molar-refractivity contribution in [1.82, 2.24) is 19.5 Å². The Balaban J connectivity index is 1.35. The second kappa shape index (κ2) is 7.33. The second-order valence-electron chi connectivity index (χ2n) is 8.51. The number of ether oxygens (including phenoxy) is 4. The summed E-state index contributed by atoms with van der Waals surface area (Å²) in [5, 5.41) is 0. The molecule has 0 bridgehead atoms. The van der Waals surface area contributed by atoms with Gasteiger partial charge in [-0.05, 0) is 12.5 Å². The summed E-state index contributed by atoms with van der Waals surface area (Å²) in [5.41, 5.74) is 5.75. The van der Waals surface area contributed by atoms with Gasteiger partial charge in [0.25, 0.3) is 10.1 Å². The van der Waals surface area contributed by atoms with Crippen LogP contribution in [0.1, 0.15) is 18.7 Å². The normalized spacial score (nSPS) is 31.3. The Kier molecular flexibility index (Phi) is 4.67. The predicted octanol–water partition coefficient (Wildman–Crippen LogP) is 0.788. The third-order valence-electron chi connectivity index (χ3n) is 6.46. The number of rotatable bonds is 9. The molecule has 1 saturated carbocycles. The van der Waals surface area contributed by atoms with E-state index >= 15 is 0 Å². The summed E-state index contributed by atoms with van der Waals surface area (Å²) >= 11 is 0. The molecule has 1 unspecified atom stereocenters. The Morgan fingerprint density at radius 3 is 2.76 bits per heavy atom. The molecule has 0 radical (unpaired) electrons. The van der Waals surface area contributed by atoms with Crippen LogP contribution in [0, 0.1) is 0 Å². The molecule has 34 heavy (non-hydrogen) atoms. The summed E-state index contributed by atoms with van der Waals surface area (Å²) in [4.78, 5) is 12.8. The molecule has 6 rings (SSSR count). The molecule has 0 amide bonds. The Hall–Kier alpha value is -2.84. The molecule has 1 aromatic carbocycles. The quantitative estimate of drug-likeness (QED) is 0.425. The Morgan fingerprint density at radius 2 is 2.03 bits per heavy atom. The van der Waals surface area contributed by atoms with Gasteiger partial charge in [-0.15, -0.1) is 0 Å². The highest BCUT2D eigenvalue weighted by molar-refractivity contribution is 7.85. The highest BCUT2D eigenvalue weighted by atomic mass is 32.2. The van der Waals surface area contributed by atoms with Crippen molar-refractivity contribution >= 4 is 27.2 Å². The molecule has 13 heteroatoms. The fourth-order valence-corrected chi connectivity index (χ4v) is 5.35. The first-order chi connectivity index (χ1) is 16.3. The maximum atomic E-state index is 11.8. The molecular weight excluding hydrogens is 466 g/mol. The van der Waals surface area contributed by atoms with Crippen molar-refractivity contribution in [3.63, 3.8) is 0 Å². The summed E-state index contributed by atoms with van der Waals surface area (Å²) in [6.07, 6.45) is 0.865. The first kappa shape index (κ1) is 21.7. The van der Waals surface area contributed by atoms with Crippen LogP contribution in [-0.2, 0) is 35.1 Å². The molecular formula is C21H23N5O7S. The molecule has 3 aliphatic rings. The van der Waals surface area contributed by atoms with E-state index in [1.54, 1.807) is 10.9 Å². The monoisotopic (exact) mass is 489 g/mol. The summed E-state index contributed by atoms with van der Waals surface area (Å²) < 4.78 is 54.8. The van der Waals surface area contributed by atoms with Gasteiger partial charge in [0, 0.05) is 0 Å². The van der Waals surface area contributed by atoms with Crippen molar-refractivity contribution in [2.45, 2.75) is 43.2 Å². The first-order valence-corrected chi connectivity index (χ1v) is 12.6. The molecule has 2 saturated heterocycles. The molecule has 3 fully saturated rings. The van der Waals surface area contributed by atoms with Crippen molar-refractivity contribution in [3.8, 4) is 5.88 Å². The smallest absolute Gasteiger partial charge is 0.264 e. The fourth-order valence-electron chi connectivity index (χ4n) is 4.96. The Labute approximate surface area is 195 Å². The van der Waals surface area contributed by atoms with Gasteiger partial charge in [0.2, 0.25) is 11.8 Å². The van der Waals surface area contributed by atoms with Crippen LogP contribution in [-0.4, -0.2) is 70.8 Å². The van der Waals surface area contributed by atoms with Gasteiger partial charge in [-0.3, -0.25) is 8.75 Å². The lowest BCUT2D eigenvalue weighted by atomic mass is 10.1. The predicted molar refractivity (Wildman–Crippen MR) is 117 cm³/mol. The van der Waals surface area contributed by atoms with E-state index in [2.05, 4.69) is 15.0 Å². The SMILES string of the molecule is CCOc1nc(N)nc2c1ncn2[C@@H]1O[C@@]2(COS(C)(=O)=O)C3O[C@@H]1[C@@]32OCc1ccccc1. The molecule has 2 N–H and O–H groups in total. The summed E-state index contributed by atoms with van der Waals surface area (Å²) in [6.45, 7) is 2.29. The van der Waals surface area contributed by atoms with Crippen LogP contribution >= 0.6 is 0 Å². The number of nitrogens with two attached hydrogens (primary N) is 1. The lowest BCUT2D eigenvalue weighted by molar-refractivity contribution is -0.247. The van der Waals surface area contributed by atoms with Gasteiger partial charge in [0.1, 0.15) is 18.8 Å². The van der Waals surface area contributed by atoms with E-state index in [-0.39, 0.29) is 18.4 Å². The molecule has 4 heterocycles. The minimum absolute atomic E-state index is 0.0263. The van der Waals surface area contributed by atoms with Gasteiger partial charge >= 0.3 is 0 Å². The van der Waals surface area contributed by atoms with Gasteiger partial charge in [-0.2, -0.15) is 18.4 Å². The summed E-state index contributed by atoms with van der Waals surface area (Å²) in [7, 11) is -3.71. The third-order valence-corrected chi connectivity index (χ3v) is 7.00. The third kappa shape index (κ3) is 2.98. The number of fused-ring (bicyclic) bond motifs is 2.